The second kappa shape index (κ2) is 10.8. The van der Waals surface area contributed by atoms with E-state index in [9.17, 15) is 9.59 Å². The highest BCUT2D eigenvalue weighted by Gasteiger charge is 2.27. The van der Waals surface area contributed by atoms with Crippen LogP contribution in [0.2, 0.25) is 0 Å². The number of ether oxygens (including phenoxy) is 2. The molecule has 3 rings (SSSR count). The number of nitrogens with one attached hydrogen (secondary N) is 1. The number of benzene rings is 3. The molecule has 0 radical (unpaired) electrons. The highest BCUT2D eigenvalue weighted by atomic mass is 16.5. The van der Waals surface area contributed by atoms with Crippen LogP contribution in [0.1, 0.15) is 23.6 Å². The molecule has 0 atom stereocenters. The molecule has 0 aliphatic heterocycles. The zero-order valence-corrected chi connectivity index (χ0v) is 17.7. The van der Waals surface area contributed by atoms with Gasteiger partial charge in [0.25, 0.3) is 0 Å². The molecule has 31 heavy (non-hydrogen) atoms. The van der Waals surface area contributed by atoms with E-state index < -0.39 is 0 Å². The lowest BCUT2D eigenvalue weighted by Crippen LogP contribution is -2.40. The van der Waals surface area contributed by atoms with Crippen LogP contribution >= 0.6 is 0 Å². The molecule has 2 amide bonds. The normalized spacial score (nSPS) is 10.4. The molecule has 0 saturated heterocycles. The number of esters is 1. The van der Waals surface area contributed by atoms with Gasteiger partial charge >= 0.3 is 12.0 Å². The van der Waals surface area contributed by atoms with Gasteiger partial charge in [-0.05, 0) is 35.4 Å². The van der Waals surface area contributed by atoms with Crippen molar-refractivity contribution >= 4 is 17.7 Å². The Bertz CT molecular complexity index is 936. The molecule has 0 aliphatic rings. The minimum Gasteiger partial charge on any atom is -0.497 e. The summed E-state index contributed by atoms with van der Waals surface area (Å²) in [5.74, 6) is 0.328. The summed E-state index contributed by atoms with van der Waals surface area (Å²) in [5.41, 5.74) is 2.53. The molecule has 3 aromatic carbocycles. The van der Waals surface area contributed by atoms with Crippen LogP contribution in [0.4, 0.5) is 10.5 Å². The largest absolute Gasteiger partial charge is 0.497 e. The highest BCUT2D eigenvalue weighted by Crippen LogP contribution is 2.30. The van der Waals surface area contributed by atoms with Gasteiger partial charge in [0, 0.05) is 12.2 Å². The average Bonchev–Trinajstić information content (AvgIpc) is 2.83. The van der Waals surface area contributed by atoms with Crippen molar-refractivity contribution in [1.29, 1.82) is 0 Å². The molecule has 0 bridgehead atoms. The van der Waals surface area contributed by atoms with Gasteiger partial charge in [0.15, 0.2) is 0 Å². The van der Waals surface area contributed by atoms with Gasteiger partial charge in [-0.25, -0.2) is 4.79 Å². The summed E-state index contributed by atoms with van der Waals surface area (Å²) in [5, 5.41) is 2.93. The van der Waals surface area contributed by atoms with Gasteiger partial charge in [0.1, 0.15) is 5.75 Å². The molecule has 3 aromatic rings. The number of anilines is 1. The van der Waals surface area contributed by atoms with Gasteiger partial charge in [0.05, 0.1) is 26.7 Å². The van der Waals surface area contributed by atoms with E-state index in [0.29, 0.717) is 11.4 Å². The van der Waals surface area contributed by atoms with Crippen molar-refractivity contribution in [3.05, 3.63) is 96.1 Å². The predicted molar refractivity (Wildman–Crippen MR) is 120 cm³/mol. The third-order valence-corrected chi connectivity index (χ3v) is 4.93. The fourth-order valence-electron chi connectivity index (χ4n) is 3.35. The van der Waals surface area contributed by atoms with Gasteiger partial charge in [-0.3, -0.25) is 4.79 Å². The Hall–Kier alpha value is -3.80. The molecule has 0 fully saturated rings. The monoisotopic (exact) mass is 418 g/mol. The number of amides is 2. The number of urea groups is 1. The number of nitrogens with zero attached hydrogens (tertiary/aromatic N) is 1. The van der Waals surface area contributed by atoms with Crippen LogP contribution in [0.3, 0.4) is 0 Å². The highest BCUT2D eigenvalue weighted by molar-refractivity contribution is 5.90. The van der Waals surface area contributed by atoms with Crippen molar-refractivity contribution < 1.29 is 19.1 Å². The smallest absolute Gasteiger partial charge is 0.322 e. The Balaban J connectivity index is 1.95. The molecule has 0 heterocycles. The minimum atomic E-state index is -0.373. The first-order valence-corrected chi connectivity index (χ1v) is 10.0. The maximum atomic E-state index is 13.4. The number of hydrogen-bond acceptors (Lipinski definition) is 4. The summed E-state index contributed by atoms with van der Waals surface area (Å²) in [4.78, 5) is 26.9. The first-order valence-electron chi connectivity index (χ1n) is 10.0. The van der Waals surface area contributed by atoms with Crippen molar-refractivity contribution in [2.24, 2.45) is 0 Å². The molecule has 0 unspecified atom stereocenters. The number of carbonyl (C=O) groups excluding carboxylic acids is 2. The lowest BCUT2D eigenvalue weighted by molar-refractivity contribution is -0.140. The molecular formula is C25H26N2O4. The summed E-state index contributed by atoms with van der Waals surface area (Å²) >= 11 is 0. The van der Waals surface area contributed by atoms with E-state index in [0.717, 1.165) is 11.1 Å². The van der Waals surface area contributed by atoms with Crippen molar-refractivity contribution in [2.45, 2.75) is 12.5 Å². The van der Waals surface area contributed by atoms with Crippen LogP contribution in [0.25, 0.3) is 0 Å². The average molecular weight is 418 g/mol. The third-order valence-electron chi connectivity index (χ3n) is 4.93. The molecule has 6 nitrogen and oxygen atoms in total. The summed E-state index contributed by atoms with van der Waals surface area (Å²) in [6.45, 7) is 0.198. The summed E-state index contributed by atoms with van der Waals surface area (Å²) in [6.07, 6.45) is 0.0860. The molecular weight excluding hydrogens is 392 g/mol. The van der Waals surface area contributed by atoms with Gasteiger partial charge in [-0.2, -0.15) is 0 Å². The summed E-state index contributed by atoms with van der Waals surface area (Å²) < 4.78 is 9.98. The summed E-state index contributed by atoms with van der Waals surface area (Å²) in [6, 6.07) is 25.9. The Morgan fingerprint density at radius 2 is 1.39 bits per heavy atom. The van der Waals surface area contributed by atoms with E-state index in [1.807, 2.05) is 60.7 Å². The number of methoxy groups -OCH3 is 2. The van der Waals surface area contributed by atoms with Gasteiger partial charge in [-0.15, -0.1) is 0 Å². The van der Waals surface area contributed by atoms with Crippen LogP contribution in [0.15, 0.2) is 84.9 Å². The Labute approximate surface area is 182 Å². The molecule has 0 spiro atoms. The van der Waals surface area contributed by atoms with Crippen LogP contribution in [0.5, 0.6) is 5.75 Å². The molecule has 160 valence electrons. The van der Waals surface area contributed by atoms with Crippen LogP contribution in [0, 0.1) is 0 Å². The fraction of sp³-hybridized carbons (Fsp3) is 0.200. The first-order chi connectivity index (χ1) is 15.1. The van der Waals surface area contributed by atoms with Gasteiger partial charge in [-0.1, -0.05) is 60.7 Å². The van der Waals surface area contributed by atoms with Crippen molar-refractivity contribution in [1.82, 2.24) is 4.90 Å². The quantitative estimate of drug-likeness (QED) is 0.530. The van der Waals surface area contributed by atoms with E-state index >= 15 is 0 Å². The topological polar surface area (TPSA) is 67.9 Å². The van der Waals surface area contributed by atoms with Crippen molar-refractivity contribution in [3.8, 4) is 5.75 Å². The standard InChI is InChI=1S/C25H26N2O4/c1-30-22-15-13-21(14-16-22)26-25(29)27(18-17-23(28)31-2)24(19-9-5-3-6-10-19)20-11-7-4-8-12-20/h3-16,24H,17-18H2,1-2H3,(H,26,29). The molecule has 0 aromatic heterocycles. The second-order valence-electron chi connectivity index (χ2n) is 6.90. The van der Waals surface area contributed by atoms with E-state index in [4.69, 9.17) is 9.47 Å². The second-order valence-corrected chi connectivity index (χ2v) is 6.90. The van der Waals surface area contributed by atoms with Gasteiger partial charge in [0.2, 0.25) is 0 Å². The van der Waals surface area contributed by atoms with Crippen LogP contribution in [-0.2, 0) is 9.53 Å². The van der Waals surface area contributed by atoms with E-state index in [1.165, 1.54) is 7.11 Å². The Morgan fingerprint density at radius 1 is 0.839 bits per heavy atom. The zero-order chi connectivity index (χ0) is 22.1. The van der Waals surface area contributed by atoms with Crippen LogP contribution in [-0.4, -0.2) is 37.7 Å². The SMILES string of the molecule is COC(=O)CCN(C(=O)Nc1ccc(OC)cc1)C(c1ccccc1)c1ccccc1. The molecule has 0 aliphatic carbocycles. The maximum absolute atomic E-state index is 13.4. The van der Waals surface area contributed by atoms with E-state index in [-0.39, 0.29) is 31.0 Å². The van der Waals surface area contributed by atoms with E-state index in [1.54, 1.807) is 36.3 Å². The zero-order valence-electron chi connectivity index (χ0n) is 17.7. The van der Waals surface area contributed by atoms with Crippen molar-refractivity contribution in [2.75, 3.05) is 26.1 Å². The van der Waals surface area contributed by atoms with Crippen LogP contribution < -0.4 is 10.1 Å². The Morgan fingerprint density at radius 3 is 1.87 bits per heavy atom. The Kier molecular flexibility index (Phi) is 7.65. The molecule has 0 saturated carbocycles. The minimum absolute atomic E-state index is 0.0860. The maximum Gasteiger partial charge on any atom is 0.322 e. The molecule has 6 heteroatoms. The first kappa shape index (κ1) is 21.9. The van der Waals surface area contributed by atoms with Crippen molar-refractivity contribution in [3.63, 3.8) is 0 Å². The fourth-order valence-corrected chi connectivity index (χ4v) is 3.35. The van der Waals surface area contributed by atoms with Gasteiger partial charge < -0.3 is 19.7 Å². The summed E-state index contributed by atoms with van der Waals surface area (Å²) in [7, 11) is 2.93. The van der Waals surface area contributed by atoms with E-state index in [2.05, 4.69) is 5.32 Å². The number of rotatable bonds is 8. The lowest BCUT2D eigenvalue weighted by atomic mass is 9.97. The number of hydrogen-bond donors (Lipinski definition) is 1. The molecule has 1 N–H and O–H groups in total. The predicted octanol–water partition coefficient (Wildman–Crippen LogP) is 4.88. The lowest BCUT2D eigenvalue weighted by Gasteiger charge is -2.32. The third kappa shape index (κ3) is 5.85. The number of carbonyl (C=O) groups is 2.